The molecule has 0 atom stereocenters. The van der Waals surface area contributed by atoms with Crippen LogP contribution in [-0.2, 0) is 9.53 Å². The topological polar surface area (TPSA) is 41.6 Å². The van der Waals surface area contributed by atoms with Crippen molar-refractivity contribution in [3.05, 3.63) is 0 Å². The van der Waals surface area contributed by atoms with Gasteiger partial charge in [-0.25, -0.2) is 0 Å². The second-order valence-electron chi connectivity index (χ2n) is 4.85. The lowest BCUT2D eigenvalue weighted by atomic mass is 9.89. The summed E-state index contributed by atoms with van der Waals surface area (Å²) in [5.74, 6) is 0.264. The number of carbonyl (C=O) groups is 1. The standard InChI is InChI=1S/C12H22N2O2/c1-16-11-7-10(8-11)13-9-12(15)14-5-3-2-4-6-14/h10-11,13H,2-9H2,1H3. The summed E-state index contributed by atoms with van der Waals surface area (Å²) in [6.07, 6.45) is 6.10. The van der Waals surface area contributed by atoms with Gasteiger partial charge < -0.3 is 15.0 Å². The van der Waals surface area contributed by atoms with Crippen molar-refractivity contribution in [1.82, 2.24) is 10.2 Å². The Bertz CT molecular complexity index is 233. The highest BCUT2D eigenvalue weighted by molar-refractivity contribution is 5.78. The van der Waals surface area contributed by atoms with Crippen molar-refractivity contribution in [2.24, 2.45) is 0 Å². The largest absolute Gasteiger partial charge is 0.381 e. The number of methoxy groups -OCH3 is 1. The molecule has 1 amide bonds. The van der Waals surface area contributed by atoms with Gasteiger partial charge in [0.15, 0.2) is 0 Å². The van der Waals surface area contributed by atoms with E-state index in [0.717, 1.165) is 25.9 Å². The van der Waals surface area contributed by atoms with E-state index in [1.54, 1.807) is 7.11 Å². The van der Waals surface area contributed by atoms with Crippen LogP contribution in [0.15, 0.2) is 0 Å². The van der Waals surface area contributed by atoms with E-state index in [0.29, 0.717) is 18.7 Å². The molecule has 0 radical (unpaired) electrons. The highest BCUT2D eigenvalue weighted by Gasteiger charge is 2.29. The third-order valence-electron chi connectivity index (χ3n) is 3.68. The van der Waals surface area contributed by atoms with Gasteiger partial charge in [-0.15, -0.1) is 0 Å². The lowest BCUT2D eigenvalue weighted by Crippen LogP contribution is -2.49. The van der Waals surface area contributed by atoms with Crippen molar-refractivity contribution in [2.45, 2.75) is 44.2 Å². The first-order chi connectivity index (χ1) is 7.79. The Morgan fingerprint density at radius 1 is 1.31 bits per heavy atom. The van der Waals surface area contributed by atoms with Crippen LogP contribution in [0, 0.1) is 0 Å². The number of ether oxygens (including phenoxy) is 1. The highest BCUT2D eigenvalue weighted by atomic mass is 16.5. The van der Waals surface area contributed by atoms with Gasteiger partial charge in [0.2, 0.25) is 5.91 Å². The number of likely N-dealkylation sites (tertiary alicyclic amines) is 1. The van der Waals surface area contributed by atoms with Gasteiger partial charge in [0.1, 0.15) is 0 Å². The van der Waals surface area contributed by atoms with Gasteiger partial charge in [0, 0.05) is 26.2 Å². The molecule has 0 bridgehead atoms. The predicted octanol–water partition coefficient (Wildman–Crippen LogP) is 0.766. The van der Waals surface area contributed by atoms with Gasteiger partial charge >= 0.3 is 0 Å². The van der Waals surface area contributed by atoms with E-state index in [4.69, 9.17) is 4.74 Å². The van der Waals surface area contributed by atoms with Crippen LogP contribution in [0.25, 0.3) is 0 Å². The van der Waals surface area contributed by atoms with E-state index in [-0.39, 0.29) is 5.91 Å². The lowest BCUT2D eigenvalue weighted by molar-refractivity contribution is -0.131. The molecule has 1 heterocycles. The lowest BCUT2D eigenvalue weighted by Gasteiger charge is -2.35. The first-order valence-corrected chi connectivity index (χ1v) is 6.33. The van der Waals surface area contributed by atoms with Crippen LogP contribution in [0.1, 0.15) is 32.1 Å². The number of hydrogen-bond acceptors (Lipinski definition) is 3. The van der Waals surface area contributed by atoms with Gasteiger partial charge in [-0.1, -0.05) is 0 Å². The molecule has 16 heavy (non-hydrogen) atoms. The molecule has 0 aromatic carbocycles. The molecule has 1 N–H and O–H groups in total. The zero-order chi connectivity index (χ0) is 11.4. The fourth-order valence-electron chi connectivity index (χ4n) is 2.41. The average molecular weight is 226 g/mol. The van der Waals surface area contributed by atoms with Crippen molar-refractivity contribution in [3.63, 3.8) is 0 Å². The van der Waals surface area contributed by atoms with Crippen molar-refractivity contribution in [1.29, 1.82) is 0 Å². The maximum absolute atomic E-state index is 11.8. The number of rotatable bonds is 4. The summed E-state index contributed by atoms with van der Waals surface area (Å²) in [6, 6.07) is 0.485. The van der Waals surface area contributed by atoms with Crippen LogP contribution in [0.4, 0.5) is 0 Å². The van der Waals surface area contributed by atoms with Crippen LogP contribution < -0.4 is 5.32 Å². The molecule has 1 saturated carbocycles. The van der Waals surface area contributed by atoms with Gasteiger partial charge in [-0.3, -0.25) is 4.79 Å². The van der Waals surface area contributed by atoms with Crippen molar-refractivity contribution >= 4 is 5.91 Å². The fourth-order valence-corrected chi connectivity index (χ4v) is 2.41. The number of amides is 1. The molecule has 92 valence electrons. The molecular weight excluding hydrogens is 204 g/mol. The van der Waals surface area contributed by atoms with Crippen LogP contribution in [0.2, 0.25) is 0 Å². The molecule has 0 aromatic rings. The molecule has 0 aromatic heterocycles. The molecule has 2 fully saturated rings. The first-order valence-electron chi connectivity index (χ1n) is 6.33. The SMILES string of the molecule is COC1CC(NCC(=O)N2CCCCC2)C1. The van der Waals surface area contributed by atoms with E-state index in [9.17, 15) is 4.79 Å². The number of carbonyl (C=O) groups excluding carboxylic acids is 1. The number of hydrogen-bond donors (Lipinski definition) is 1. The van der Waals surface area contributed by atoms with Gasteiger partial charge in [0.25, 0.3) is 0 Å². The molecule has 1 saturated heterocycles. The van der Waals surface area contributed by atoms with Gasteiger partial charge in [-0.2, -0.15) is 0 Å². The Hall–Kier alpha value is -0.610. The second kappa shape index (κ2) is 5.64. The van der Waals surface area contributed by atoms with Gasteiger partial charge in [-0.05, 0) is 32.1 Å². The van der Waals surface area contributed by atoms with Crippen molar-refractivity contribution in [3.8, 4) is 0 Å². The van der Waals surface area contributed by atoms with E-state index >= 15 is 0 Å². The highest BCUT2D eigenvalue weighted by Crippen LogP contribution is 2.22. The average Bonchev–Trinajstić information content (AvgIpc) is 2.28. The molecule has 1 aliphatic heterocycles. The molecule has 1 aliphatic carbocycles. The zero-order valence-corrected chi connectivity index (χ0v) is 10.1. The maximum Gasteiger partial charge on any atom is 0.236 e. The first kappa shape index (κ1) is 11.9. The monoisotopic (exact) mass is 226 g/mol. The molecule has 0 unspecified atom stereocenters. The van der Waals surface area contributed by atoms with Crippen LogP contribution in [0.3, 0.4) is 0 Å². The normalized spacial score (nSPS) is 29.9. The summed E-state index contributed by atoms with van der Waals surface area (Å²) in [6.45, 7) is 2.40. The molecular formula is C12H22N2O2. The zero-order valence-electron chi connectivity index (χ0n) is 10.1. The van der Waals surface area contributed by atoms with Gasteiger partial charge in [0.05, 0.1) is 12.6 Å². The smallest absolute Gasteiger partial charge is 0.236 e. The summed E-state index contributed by atoms with van der Waals surface area (Å²) in [5, 5.41) is 3.31. The van der Waals surface area contributed by atoms with Crippen molar-refractivity contribution < 1.29 is 9.53 Å². The van der Waals surface area contributed by atoms with Crippen LogP contribution in [-0.4, -0.2) is 49.7 Å². The predicted molar refractivity (Wildman–Crippen MR) is 62.3 cm³/mol. The van der Waals surface area contributed by atoms with Crippen LogP contribution >= 0.6 is 0 Å². The van der Waals surface area contributed by atoms with Crippen LogP contribution in [0.5, 0.6) is 0 Å². The summed E-state index contributed by atoms with van der Waals surface area (Å²) in [5.41, 5.74) is 0. The second-order valence-corrected chi connectivity index (χ2v) is 4.85. The number of piperidine rings is 1. The Morgan fingerprint density at radius 2 is 2.00 bits per heavy atom. The Kier molecular flexibility index (Phi) is 4.18. The third kappa shape index (κ3) is 2.95. The number of nitrogens with one attached hydrogen (secondary N) is 1. The Morgan fingerprint density at radius 3 is 2.62 bits per heavy atom. The summed E-state index contributed by atoms with van der Waals surface area (Å²) in [4.78, 5) is 13.8. The van der Waals surface area contributed by atoms with E-state index in [1.165, 1.54) is 19.3 Å². The number of nitrogens with zero attached hydrogens (tertiary/aromatic N) is 1. The van der Waals surface area contributed by atoms with E-state index < -0.39 is 0 Å². The maximum atomic E-state index is 11.8. The van der Waals surface area contributed by atoms with E-state index in [1.807, 2.05) is 4.90 Å². The Labute approximate surface area is 97.3 Å². The molecule has 4 heteroatoms. The molecule has 2 aliphatic rings. The Balaban J connectivity index is 1.60. The molecule has 2 rings (SSSR count). The summed E-state index contributed by atoms with van der Waals surface area (Å²) >= 11 is 0. The van der Waals surface area contributed by atoms with E-state index in [2.05, 4.69) is 5.32 Å². The molecule has 4 nitrogen and oxygen atoms in total. The minimum Gasteiger partial charge on any atom is -0.381 e. The summed E-state index contributed by atoms with van der Waals surface area (Å²) < 4.78 is 5.20. The minimum absolute atomic E-state index is 0.264. The minimum atomic E-state index is 0.264. The quantitative estimate of drug-likeness (QED) is 0.769. The fraction of sp³-hybridized carbons (Fsp3) is 0.917. The van der Waals surface area contributed by atoms with Crippen molar-refractivity contribution in [2.75, 3.05) is 26.7 Å². The summed E-state index contributed by atoms with van der Waals surface area (Å²) in [7, 11) is 1.75. The third-order valence-corrected chi connectivity index (χ3v) is 3.68. The molecule has 0 spiro atoms.